The fourth-order valence-corrected chi connectivity index (χ4v) is 1.56. The van der Waals surface area contributed by atoms with Gasteiger partial charge in [0.1, 0.15) is 0 Å². The summed E-state index contributed by atoms with van der Waals surface area (Å²) in [5, 5.41) is 3.31. The van der Waals surface area contributed by atoms with Crippen molar-refractivity contribution in [3.8, 4) is 5.75 Å². The van der Waals surface area contributed by atoms with Gasteiger partial charge in [-0.05, 0) is 30.5 Å². The third-order valence-corrected chi connectivity index (χ3v) is 2.70. The predicted molar refractivity (Wildman–Crippen MR) is 62.3 cm³/mol. The molecule has 0 bridgehead atoms. The lowest BCUT2D eigenvalue weighted by atomic mass is 10.2. The van der Waals surface area contributed by atoms with Gasteiger partial charge in [-0.25, -0.2) is 4.39 Å². The van der Waals surface area contributed by atoms with Crippen LogP contribution in [-0.2, 0) is 6.54 Å². The van der Waals surface area contributed by atoms with E-state index >= 15 is 0 Å². The van der Waals surface area contributed by atoms with E-state index in [4.69, 9.17) is 4.74 Å². The van der Waals surface area contributed by atoms with E-state index in [1.165, 1.54) is 18.9 Å². The zero-order valence-electron chi connectivity index (χ0n) is 9.72. The number of halogens is 2. The van der Waals surface area contributed by atoms with Crippen molar-refractivity contribution in [2.75, 3.05) is 13.3 Å². The molecule has 1 fully saturated rings. The van der Waals surface area contributed by atoms with Gasteiger partial charge < -0.3 is 10.1 Å². The molecule has 1 aromatic carbocycles. The lowest BCUT2D eigenvalue weighted by Gasteiger charge is -2.08. The molecule has 0 saturated heterocycles. The van der Waals surface area contributed by atoms with Gasteiger partial charge in [-0.2, -0.15) is 0 Å². The first-order valence-electron chi connectivity index (χ1n) is 6.00. The van der Waals surface area contributed by atoms with Crippen molar-refractivity contribution in [3.05, 3.63) is 29.6 Å². The van der Waals surface area contributed by atoms with E-state index in [2.05, 4.69) is 5.32 Å². The maximum Gasteiger partial charge on any atom is 0.165 e. The lowest BCUT2D eigenvalue weighted by molar-refractivity contribution is 0.277. The third-order valence-electron chi connectivity index (χ3n) is 2.70. The number of rotatable bonds is 7. The molecule has 0 heterocycles. The number of hydrogen-bond donors (Lipinski definition) is 1. The van der Waals surface area contributed by atoms with Crippen molar-refractivity contribution in [2.45, 2.75) is 31.8 Å². The normalized spacial score (nSPS) is 14.9. The minimum atomic E-state index is -0.439. The molecule has 4 heteroatoms. The van der Waals surface area contributed by atoms with Crippen molar-refractivity contribution >= 4 is 0 Å². The number of nitrogens with one attached hydrogen (secondary N) is 1. The Bertz CT molecular complexity index is 366. The van der Waals surface area contributed by atoms with Gasteiger partial charge in [0.15, 0.2) is 11.6 Å². The molecule has 0 radical (unpaired) electrons. The summed E-state index contributed by atoms with van der Waals surface area (Å²) in [6.07, 6.45) is 2.73. The van der Waals surface area contributed by atoms with Crippen LogP contribution in [0.1, 0.15) is 24.8 Å². The molecule has 2 nitrogen and oxygen atoms in total. The predicted octanol–water partition coefficient (Wildman–Crippen LogP) is 2.82. The smallest absolute Gasteiger partial charge is 0.165 e. The van der Waals surface area contributed by atoms with Gasteiger partial charge in [0, 0.05) is 19.0 Å². The van der Waals surface area contributed by atoms with Gasteiger partial charge in [0.05, 0.1) is 13.3 Å². The Labute approximate surface area is 100.0 Å². The molecule has 0 aliphatic heterocycles. The van der Waals surface area contributed by atoms with Gasteiger partial charge in [0.2, 0.25) is 0 Å². The van der Waals surface area contributed by atoms with Crippen LogP contribution in [0.5, 0.6) is 5.75 Å². The van der Waals surface area contributed by atoms with Crippen molar-refractivity contribution in [1.29, 1.82) is 0 Å². The molecule has 0 amide bonds. The summed E-state index contributed by atoms with van der Waals surface area (Å²) in [6, 6.07) is 5.53. The summed E-state index contributed by atoms with van der Waals surface area (Å²) in [6.45, 7) is 0.463. The summed E-state index contributed by atoms with van der Waals surface area (Å²) in [5.74, 6) is -0.174. The summed E-state index contributed by atoms with van der Waals surface area (Å²) in [7, 11) is 0. The average Bonchev–Trinajstić information content (AvgIpc) is 3.13. The van der Waals surface area contributed by atoms with Crippen molar-refractivity contribution in [1.82, 2.24) is 5.32 Å². The molecule has 1 aliphatic carbocycles. The van der Waals surface area contributed by atoms with E-state index in [-0.39, 0.29) is 18.2 Å². The topological polar surface area (TPSA) is 21.3 Å². The standard InChI is InChI=1S/C13H17F2NO/c14-6-1-7-17-13-5-2-10(8-12(13)15)9-16-11-3-4-11/h2,5,8,11,16H,1,3-4,6-7,9H2. The molecule has 0 atom stereocenters. The maximum atomic E-state index is 13.6. The number of hydrogen-bond acceptors (Lipinski definition) is 2. The molecule has 17 heavy (non-hydrogen) atoms. The molecule has 0 unspecified atom stereocenters. The molecule has 94 valence electrons. The van der Waals surface area contributed by atoms with Crippen LogP contribution >= 0.6 is 0 Å². The quantitative estimate of drug-likeness (QED) is 0.741. The highest BCUT2D eigenvalue weighted by atomic mass is 19.1. The number of benzene rings is 1. The molecule has 1 aromatic rings. The van der Waals surface area contributed by atoms with E-state index < -0.39 is 6.67 Å². The molecule has 0 aromatic heterocycles. The van der Waals surface area contributed by atoms with Crippen LogP contribution in [-0.4, -0.2) is 19.3 Å². The van der Waals surface area contributed by atoms with E-state index in [0.29, 0.717) is 19.0 Å². The minimum absolute atomic E-state index is 0.202. The Morgan fingerprint density at radius 3 is 2.82 bits per heavy atom. The highest BCUT2D eigenvalue weighted by Crippen LogP contribution is 2.21. The van der Waals surface area contributed by atoms with E-state index in [1.807, 2.05) is 6.07 Å². The molecule has 1 N–H and O–H groups in total. The Hall–Kier alpha value is -1.16. The summed E-state index contributed by atoms with van der Waals surface area (Å²) in [4.78, 5) is 0. The Kier molecular flexibility index (Phi) is 4.31. The van der Waals surface area contributed by atoms with E-state index in [1.54, 1.807) is 6.07 Å². The van der Waals surface area contributed by atoms with Crippen LogP contribution in [0.25, 0.3) is 0 Å². The maximum absolute atomic E-state index is 13.6. The van der Waals surface area contributed by atoms with E-state index in [9.17, 15) is 8.78 Å². The Balaban J connectivity index is 1.85. The summed E-state index contributed by atoms with van der Waals surface area (Å²) >= 11 is 0. The fraction of sp³-hybridized carbons (Fsp3) is 0.538. The summed E-state index contributed by atoms with van der Waals surface area (Å²) in [5.41, 5.74) is 0.909. The van der Waals surface area contributed by atoms with Crippen molar-refractivity contribution in [2.24, 2.45) is 0 Å². The van der Waals surface area contributed by atoms with Crippen LogP contribution in [0.3, 0.4) is 0 Å². The van der Waals surface area contributed by atoms with Crippen molar-refractivity contribution < 1.29 is 13.5 Å². The zero-order chi connectivity index (χ0) is 12.1. The number of alkyl halides is 1. The van der Waals surface area contributed by atoms with Crippen LogP contribution in [0.2, 0.25) is 0 Å². The lowest BCUT2D eigenvalue weighted by Crippen LogP contribution is -2.15. The van der Waals surface area contributed by atoms with Gasteiger partial charge in [0.25, 0.3) is 0 Å². The van der Waals surface area contributed by atoms with Gasteiger partial charge in [-0.15, -0.1) is 0 Å². The highest BCUT2D eigenvalue weighted by Gasteiger charge is 2.20. The Morgan fingerprint density at radius 1 is 1.35 bits per heavy atom. The number of ether oxygens (including phenoxy) is 1. The second-order valence-corrected chi connectivity index (χ2v) is 4.31. The Morgan fingerprint density at radius 2 is 2.18 bits per heavy atom. The SMILES string of the molecule is FCCCOc1ccc(CNC2CC2)cc1F. The van der Waals surface area contributed by atoms with Crippen LogP contribution in [0, 0.1) is 5.82 Å². The largest absolute Gasteiger partial charge is 0.490 e. The molecule has 1 saturated carbocycles. The fourth-order valence-electron chi connectivity index (χ4n) is 1.56. The summed E-state index contributed by atoms with van der Waals surface area (Å²) < 4.78 is 30.6. The van der Waals surface area contributed by atoms with Gasteiger partial charge in [-0.1, -0.05) is 6.07 Å². The monoisotopic (exact) mass is 241 g/mol. The minimum Gasteiger partial charge on any atom is -0.490 e. The first-order chi connectivity index (χ1) is 8.29. The first kappa shape index (κ1) is 12.3. The second-order valence-electron chi connectivity index (χ2n) is 4.31. The molecule has 0 spiro atoms. The van der Waals surface area contributed by atoms with E-state index in [0.717, 1.165) is 5.56 Å². The van der Waals surface area contributed by atoms with Gasteiger partial charge in [-0.3, -0.25) is 4.39 Å². The van der Waals surface area contributed by atoms with Crippen molar-refractivity contribution in [3.63, 3.8) is 0 Å². The first-order valence-corrected chi connectivity index (χ1v) is 6.00. The van der Waals surface area contributed by atoms with Crippen LogP contribution < -0.4 is 10.1 Å². The third kappa shape index (κ3) is 3.97. The highest BCUT2D eigenvalue weighted by molar-refractivity contribution is 5.29. The molecular weight excluding hydrogens is 224 g/mol. The second kappa shape index (κ2) is 5.96. The van der Waals surface area contributed by atoms with Gasteiger partial charge >= 0.3 is 0 Å². The molecular formula is C13H17F2NO. The van der Waals surface area contributed by atoms with Crippen LogP contribution in [0.15, 0.2) is 18.2 Å². The molecule has 1 aliphatic rings. The zero-order valence-corrected chi connectivity index (χ0v) is 9.72. The van der Waals surface area contributed by atoms with Crippen LogP contribution in [0.4, 0.5) is 8.78 Å². The average molecular weight is 241 g/mol. The molecule has 2 rings (SSSR count).